The lowest BCUT2D eigenvalue weighted by Gasteiger charge is -2.19. The van der Waals surface area contributed by atoms with Gasteiger partial charge in [0.2, 0.25) is 10.0 Å². The standard InChI is InChI=1S/C17H17NO7S/c19-17(20)12-1-3-13(4-2-12)23-8-7-18-26(21,22)14-5-6-15-16(11-14)25-10-9-24-15/h1-6,11,18H,7-10H2,(H,19,20)/p-1. The molecule has 1 N–H and O–H groups in total. The SMILES string of the molecule is O=C([O-])c1ccc(OCCNS(=O)(=O)c2ccc3c(c2)OCCO3)cc1. The van der Waals surface area contributed by atoms with Crippen molar-refractivity contribution in [1.29, 1.82) is 0 Å². The summed E-state index contributed by atoms with van der Waals surface area (Å²) in [6, 6.07) is 10.1. The molecule has 1 aliphatic rings. The molecule has 0 radical (unpaired) electrons. The van der Waals surface area contributed by atoms with Gasteiger partial charge in [-0.3, -0.25) is 0 Å². The van der Waals surface area contributed by atoms with Crippen LogP contribution in [-0.4, -0.2) is 40.8 Å². The first-order valence-electron chi connectivity index (χ1n) is 7.79. The van der Waals surface area contributed by atoms with Gasteiger partial charge in [0.1, 0.15) is 25.6 Å². The van der Waals surface area contributed by atoms with Gasteiger partial charge in [0.25, 0.3) is 0 Å². The maximum atomic E-state index is 12.3. The summed E-state index contributed by atoms with van der Waals surface area (Å²) in [6.07, 6.45) is 0. The molecule has 0 aliphatic carbocycles. The van der Waals surface area contributed by atoms with Gasteiger partial charge in [0.05, 0.1) is 10.9 Å². The summed E-state index contributed by atoms with van der Waals surface area (Å²) >= 11 is 0. The molecule has 0 saturated carbocycles. The van der Waals surface area contributed by atoms with E-state index in [0.29, 0.717) is 30.5 Å². The fourth-order valence-electron chi connectivity index (χ4n) is 2.31. The Morgan fingerprint density at radius 2 is 1.77 bits per heavy atom. The summed E-state index contributed by atoms with van der Waals surface area (Å²) in [5, 5.41) is 10.7. The predicted molar refractivity (Wildman–Crippen MR) is 88.9 cm³/mol. The van der Waals surface area contributed by atoms with Crippen LogP contribution in [0.15, 0.2) is 47.4 Å². The Bertz CT molecular complexity index is 894. The van der Waals surface area contributed by atoms with Gasteiger partial charge in [-0.25, -0.2) is 13.1 Å². The second-order valence-corrected chi connectivity index (χ2v) is 7.13. The molecule has 0 unspecified atom stereocenters. The number of hydrogen-bond donors (Lipinski definition) is 1. The first kappa shape index (κ1) is 18.0. The molecule has 8 nitrogen and oxygen atoms in total. The number of hydrogen-bond acceptors (Lipinski definition) is 7. The average Bonchev–Trinajstić information content (AvgIpc) is 2.65. The van der Waals surface area contributed by atoms with Crippen LogP contribution in [0.4, 0.5) is 0 Å². The Kier molecular flexibility index (Phi) is 5.29. The van der Waals surface area contributed by atoms with Gasteiger partial charge >= 0.3 is 0 Å². The van der Waals surface area contributed by atoms with Crippen molar-refractivity contribution >= 4 is 16.0 Å². The molecule has 26 heavy (non-hydrogen) atoms. The van der Waals surface area contributed by atoms with Crippen LogP contribution in [0.25, 0.3) is 0 Å². The average molecular weight is 378 g/mol. The van der Waals surface area contributed by atoms with E-state index >= 15 is 0 Å². The van der Waals surface area contributed by atoms with Crippen molar-refractivity contribution in [2.45, 2.75) is 4.90 Å². The molecule has 0 atom stereocenters. The molecule has 9 heteroatoms. The van der Waals surface area contributed by atoms with E-state index < -0.39 is 16.0 Å². The first-order valence-corrected chi connectivity index (χ1v) is 9.27. The van der Waals surface area contributed by atoms with Crippen molar-refractivity contribution in [1.82, 2.24) is 4.72 Å². The highest BCUT2D eigenvalue weighted by Gasteiger charge is 2.19. The number of ether oxygens (including phenoxy) is 3. The maximum Gasteiger partial charge on any atom is 0.240 e. The van der Waals surface area contributed by atoms with E-state index in [-0.39, 0.29) is 23.6 Å². The Morgan fingerprint density at radius 3 is 2.46 bits per heavy atom. The summed E-state index contributed by atoms with van der Waals surface area (Å²) in [5.74, 6) is 0.0548. The molecule has 1 heterocycles. The number of rotatable bonds is 7. The van der Waals surface area contributed by atoms with Crippen molar-refractivity contribution in [3.63, 3.8) is 0 Å². The van der Waals surface area contributed by atoms with Gasteiger partial charge in [0, 0.05) is 12.6 Å². The zero-order valence-electron chi connectivity index (χ0n) is 13.6. The lowest BCUT2D eigenvalue weighted by molar-refractivity contribution is -0.255. The van der Waals surface area contributed by atoms with E-state index in [0.717, 1.165) is 0 Å². The molecule has 2 aromatic carbocycles. The summed E-state index contributed by atoms with van der Waals surface area (Å²) in [6.45, 7) is 0.917. The zero-order valence-corrected chi connectivity index (χ0v) is 14.5. The van der Waals surface area contributed by atoms with Crippen LogP contribution in [0.1, 0.15) is 10.4 Å². The number of fused-ring (bicyclic) bond motifs is 1. The van der Waals surface area contributed by atoms with Crippen LogP contribution in [0.5, 0.6) is 17.2 Å². The molecule has 0 fully saturated rings. The number of benzene rings is 2. The largest absolute Gasteiger partial charge is 0.545 e. The highest BCUT2D eigenvalue weighted by Crippen LogP contribution is 2.32. The minimum absolute atomic E-state index is 0.0386. The van der Waals surface area contributed by atoms with E-state index in [1.54, 1.807) is 6.07 Å². The fourth-order valence-corrected chi connectivity index (χ4v) is 3.33. The summed E-state index contributed by atoms with van der Waals surface area (Å²) in [5.41, 5.74) is 0.0386. The number of carbonyl (C=O) groups is 1. The Labute approximate surface area is 150 Å². The van der Waals surface area contributed by atoms with Crippen molar-refractivity contribution < 1.29 is 32.5 Å². The quantitative estimate of drug-likeness (QED) is 0.684. The zero-order chi connectivity index (χ0) is 18.6. The molecular weight excluding hydrogens is 362 g/mol. The summed E-state index contributed by atoms with van der Waals surface area (Å²) in [7, 11) is -3.72. The molecule has 0 aromatic heterocycles. The van der Waals surface area contributed by atoms with Crippen molar-refractivity contribution in [3.05, 3.63) is 48.0 Å². The molecule has 0 bridgehead atoms. The first-order chi connectivity index (χ1) is 12.5. The maximum absolute atomic E-state index is 12.3. The third kappa shape index (κ3) is 4.24. The van der Waals surface area contributed by atoms with Gasteiger partial charge < -0.3 is 24.1 Å². The van der Waals surface area contributed by atoms with E-state index in [9.17, 15) is 18.3 Å². The summed E-state index contributed by atoms with van der Waals surface area (Å²) in [4.78, 5) is 10.7. The van der Waals surface area contributed by atoms with Gasteiger partial charge in [-0.05, 0) is 42.0 Å². The van der Waals surface area contributed by atoms with Crippen LogP contribution in [0.2, 0.25) is 0 Å². The minimum atomic E-state index is -3.72. The normalized spacial score (nSPS) is 13.2. The molecule has 0 saturated heterocycles. The van der Waals surface area contributed by atoms with Crippen molar-refractivity contribution in [2.75, 3.05) is 26.4 Å². The van der Waals surface area contributed by atoms with Crippen LogP contribution >= 0.6 is 0 Å². The van der Waals surface area contributed by atoms with Gasteiger partial charge in [-0.1, -0.05) is 0 Å². The second kappa shape index (κ2) is 7.63. The van der Waals surface area contributed by atoms with Crippen LogP contribution in [0, 0.1) is 0 Å². The lowest BCUT2D eigenvalue weighted by atomic mass is 10.2. The fraction of sp³-hybridized carbons (Fsp3) is 0.235. The Morgan fingerprint density at radius 1 is 1.08 bits per heavy atom. The van der Waals surface area contributed by atoms with Gasteiger partial charge in [0.15, 0.2) is 11.5 Å². The second-order valence-electron chi connectivity index (χ2n) is 5.36. The van der Waals surface area contributed by atoms with Crippen LogP contribution in [-0.2, 0) is 10.0 Å². The molecular formula is C17H16NO7S-. The van der Waals surface area contributed by atoms with Crippen LogP contribution < -0.4 is 24.0 Å². The monoisotopic (exact) mass is 378 g/mol. The highest BCUT2D eigenvalue weighted by molar-refractivity contribution is 7.89. The van der Waals surface area contributed by atoms with E-state index in [2.05, 4.69) is 4.72 Å². The van der Waals surface area contributed by atoms with E-state index in [4.69, 9.17) is 14.2 Å². The Hall–Kier alpha value is -2.78. The number of carbonyl (C=O) groups excluding carboxylic acids is 1. The molecule has 1 aliphatic heterocycles. The number of carboxylic acids is 1. The molecule has 3 rings (SSSR count). The third-order valence-corrected chi connectivity index (χ3v) is 5.04. The molecule has 0 spiro atoms. The van der Waals surface area contributed by atoms with Crippen molar-refractivity contribution in [2.24, 2.45) is 0 Å². The minimum Gasteiger partial charge on any atom is -0.545 e. The predicted octanol–water partition coefficient (Wildman–Crippen LogP) is 0.179. The van der Waals surface area contributed by atoms with E-state index in [1.165, 1.54) is 36.4 Å². The topological polar surface area (TPSA) is 114 Å². The highest BCUT2D eigenvalue weighted by atomic mass is 32.2. The smallest absolute Gasteiger partial charge is 0.240 e. The molecule has 0 amide bonds. The number of aromatic carboxylic acids is 1. The summed E-state index contributed by atoms with van der Waals surface area (Å²) < 4.78 is 43.2. The molecule has 2 aromatic rings. The third-order valence-electron chi connectivity index (χ3n) is 3.58. The number of carboxylic acid groups (broad SMARTS) is 1. The van der Waals surface area contributed by atoms with Crippen LogP contribution in [0.3, 0.4) is 0 Å². The number of nitrogens with one attached hydrogen (secondary N) is 1. The van der Waals surface area contributed by atoms with Gasteiger partial charge in [-0.15, -0.1) is 0 Å². The lowest BCUT2D eigenvalue weighted by Crippen LogP contribution is -2.28. The van der Waals surface area contributed by atoms with E-state index in [1.807, 2.05) is 0 Å². The molecule has 138 valence electrons. The Balaban J connectivity index is 1.54. The van der Waals surface area contributed by atoms with Crippen molar-refractivity contribution in [3.8, 4) is 17.2 Å². The number of sulfonamides is 1. The van der Waals surface area contributed by atoms with Gasteiger partial charge in [-0.2, -0.15) is 0 Å².